The molecule has 1 unspecified atom stereocenters. The molecule has 2 aromatic heterocycles. The van der Waals surface area contributed by atoms with E-state index in [1.54, 1.807) is 12.3 Å². The SMILES string of the molecule is CC(c1cccnc1N)N(c1ccc(CN2CCCI(NC(=O)c3ccc(O)c(C=O)c3)C2)cc1)c1nc(-c2ccccc2)ccc1N. The number of amides is 1. The molecule has 1 saturated heterocycles. The second-order valence-corrected chi connectivity index (χ2v) is 16.6. The molecule has 3 heterocycles. The number of carbonyl (C=O) groups excluding carboxylic acids is 2. The molecule has 10 nitrogen and oxygen atoms in total. The fraction of sp³-hybridized carbons (Fsp3) is 0.189. The van der Waals surface area contributed by atoms with Crippen LogP contribution in [0.15, 0.2) is 103 Å². The van der Waals surface area contributed by atoms with E-state index in [0.29, 0.717) is 29.2 Å². The zero-order valence-corrected chi connectivity index (χ0v) is 28.7. The summed E-state index contributed by atoms with van der Waals surface area (Å²) in [6, 6.07) is 30.3. The molecule has 1 atom stereocenters. The summed E-state index contributed by atoms with van der Waals surface area (Å²) in [5.41, 5.74) is 18.8. The van der Waals surface area contributed by atoms with Crippen LogP contribution >= 0.6 is 20.1 Å². The molecular formula is C37H38IN7O3. The molecule has 5 aromatic rings. The molecule has 48 heavy (non-hydrogen) atoms. The molecule has 1 aliphatic heterocycles. The number of nitrogens with two attached hydrogens (primary N) is 2. The average molecular weight is 756 g/mol. The monoisotopic (exact) mass is 755 g/mol. The van der Waals surface area contributed by atoms with Gasteiger partial charge >= 0.3 is 252 Å². The zero-order chi connectivity index (χ0) is 33.6. The van der Waals surface area contributed by atoms with Crippen LogP contribution in [0.1, 0.15) is 51.2 Å². The van der Waals surface area contributed by atoms with Crippen molar-refractivity contribution in [2.75, 3.05) is 31.9 Å². The van der Waals surface area contributed by atoms with Crippen LogP contribution < -0.4 is 19.9 Å². The van der Waals surface area contributed by atoms with Gasteiger partial charge in [0.2, 0.25) is 0 Å². The number of carbonyl (C=O) groups is 2. The second kappa shape index (κ2) is 14.8. The molecule has 1 aliphatic rings. The summed E-state index contributed by atoms with van der Waals surface area (Å²) in [5, 5.41) is 9.80. The number of pyridine rings is 2. The van der Waals surface area contributed by atoms with Crippen LogP contribution in [0.4, 0.5) is 23.0 Å². The minimum atomic E-state index is -1.82. The van der Waals surface area contributed by atoms with E-state index in [9.17, 15) is 14.7 Å². The molecule has 3 aromatic carbocycles. The number of aldehydes is 1. The number of rotatable bonds is 10. The van der Waals surface area contributed by atoms with Crippen LogP contribution in [0.5, 0.6) is 5.75 Å². The fourth-order valence-corrected chi connectivity index (χ4v) is 10.6. The Morgan fingerprint density at radius 1 is 1.04 bits per heavy atom. The predicted molar refractivity (Wildman–Crippen MR) is 199 cm³/mol. The maximum absolute atomic E-state index is 13.0. The van der Waals surface area contributed by atoms with E-state index < -0.39 is 20.1 Å². The van der Waals surface area contributed by atoms with Gasteiger partial charge in [0.1, 0.15) is 0 Å². The number of benzene rings is 3. The van der Waals surface area contributed by atoms with Crippen molar-refractivity contribution in [2.24, 2.45) is 0 Å². The van der Waals surface area contributed by atoms with Gasteiger partial charge in [-0.25, -0.2) is 0 Å². The number of hydrogen-bond donors (Lipinski definition) is 4. The number of phenols is 1. The number of nitrogens with zero attached hydrogens (tertiary/aromatic N) is 4. The molecule has 11 heteroatoms. The third-order valence-corrected chi connectivity index (χ3v) is 13.4. The van der Waals surface area contributed by atoms with Crippen molar-refractivity contribution in [3.05, 3.63) is 126 Å². The Kier molecular flexibility index (Phi) is 10.2. The Labute approximate surface area is 287 Å². The molecular weight excluding hydrogens is 717 g/mol. The molecule has 6 N–H and O–H groups in total. The molecule has 0 saturated carbocycles. The number of aromatic nitrogens is 2. The first kappa shape index (κ1) is 32.9. The third kappa shape index (κ3) is 7.42. The van der Waals surface area contributed by atoms with Crippen molar-refractivity contribution in [3.63, 3.8) is 0 Å². The van der Waals surface area contributed by atoms with Gasteiger partial charge in [0.15, 0.2) is 0 Å². The average Bonchev–Trinajstić information content (AvgIpc) is 3.10. The first-order valence-electron chi connectivity index (χ1n) is 15.6. The normalized spacial score (nSPS) is 14.6. The summed E-state index contributed by atoms with van der Waals surface area (Å²) >= 11 is -1.82. The van der Waals surface area contributed by atoms with Gasteiger partial charge in [-0.05, 0) is 0 Å². The quantitative estimate of drug-likeness (QED) is 0.0400. The van der Waals surface area contributed by atoms with E-state index in [4.69, 9.17) is 16.5 Å². The molecule has 0 bridgehead atoms. The van der Waals surface area contributed by atoms with E-state index in [1.807, 2.05) is 54.6 Å². The summed E-state index contributed by atoms with van der Waals surface area (Å²) in [6.45, 7) is 3.78. The first-order chi connectivity index (χ1) is 23.3. The Morgan fingerprint density at radius 3 is 2.58 bits per heavy atom. The number of anilines is 4. The Hall–Kier alpha value is -5.01. The Bertz CT molecular complexity index is 1910. The van der Waals surface area contributed by atoms with Gasteiger partial charge in [0.25, 0.3) is 0 Å². The van der Waals surface area contributed by atoms with Crippen LogP contribution in [0.25, 0.3) is 11.3 Å². The van der Waals surface area contributed by atoms with Gasteiger partial charge in [0, 0.05) is 6.20 Å². The Balaban J connectivity index is 1.22. The number of phenolic OH excluding ortho intramolecular Hbond substituents is 1. The number of alkyl halides is 2. The number of hydrogen-bond acceptors (Lipinski definition) is 9. The van der Waals surface area contributed by atoms with Gasteiger partial charge < -0.3 is 0 Å². The van der Waals surface area contributed by atoms with E-state index in [-0.39, 0.29) is 23.3 Å². The van der Waals surface area contributed by atoms with E-state index in [0.717, 1.165) is 56.6 Å². The number of nitrogen functional groups attached to an aromatic ring is 2. The van der Waals surface area contributed by atoms with Crippen LogP contribution in [0, 0.1) is 0 Å². The van der Waals surface area contributed by atoms with Crippen molar-refractivity contribution in [1.29, 1.82) is 0 Å². The molecule has 6 rings (SSSR count). The van der Waals surface area contributed by atoms with Gasteiger partial charge in [0.05, 0.1) is 0 Å². The van der Waals surface area contributed by atoms with Gasteiger partial charge in [-0.2, -0.15) is 0 Å². The standard InChI is InChI=1S/C37H38IN7O3/c1-25(31-9-5-19-41-35(31)40)45(36-32(39)15-16-33(42-36)27-7-3-2-4-8-27)30-13-10-26(11-14-30)22-44-20-6-18-38(24-44)43-37(48)28-12-17-34(47)29(21-28)23-46/h2-5,7-17,19,21,23,25,47H,6,18,20,22,24,39H2,1H3,(H2,40,41)(H,43,48). The molecule has 1 amide bonds. The summed E-state index contributed by atoms with van der Waals surface area (Å²) in [7, 11) is 0. The first-order valence-corrected chi connectivity index (χ1v) is 19.8. The van der Waals surface area contributed by atoms with Crippen molar-refractivity contribution in [2.45, 2.75) is 25.9 Å². The van der Waals surface area contributed by atoms with Crippen LogP contribution in [-0.4, -0.2) is 47.7 Å². The maximum atomic E-state index is 13.0. The van der Waals surface area contributed by atoms with Gasteiger partial charge in [-0.1, -0.05) is 30.3 Å². The number of aromatic hydroxyl groups is 1. The van der Waals surface area contributed by atoms with E-state index in [1.165, 1.54) is 12.1 Å². The van der Waals surface area contributed by atoms with Gasteiger partial charge in [-0.3, -0.25) is 0 Å². The van der Waals surface area contributed by atoms with Crippen molar-refractivity contribution in [3.8, 4) is 17.0 Å². The fourth-order valence-electron chi connectivity index (χ4n) is 5.83. The predicted octanol–water partition coefficient (Wildman–Crippen LogP) is 6.74. The van der Waals surface area contributed by atoms with Crippen LogP contribution in [0.2, 0.25) is 0 Å². The third-order valence-electron chi connectivity index (χ3n) is 8.32. The van der Waals surface area contributed by atoms with Crippen molar-refractivity contribution in [1.82, 2.24) is 18.4 Å². The summed E-state index contributed by atoms with van der Waals surface area (Å²) in [6.07, 6.45) is 3.25. The van der Waals surface area contributed by atoms with Gasteiger partial charge in [-0.15, -0.1) is 0 Å². The summed E-state index contributed by atoms with van der Waals surface area (Å²) in [4.78, 5) is 38.1. The molecule has 0 spiro atoms. The van der Waals surface area contributed by atoms with Crippen molar-refractivity contribution >= 4 is 55.3 Å². The molecule has 1 fully saturated rings. The Morgan fingerprint density at radius 2 is 1.83 bits per heavy atom. The molecule has 0 radical (unpaired) electrons. The zero-order valence-electron chi connectivity index (χ0n) is 26.6. The van der Waals surface area contributed by atoms with Crippen molar-refractivity contribution < 1.29 is 14.7 Å². The van der Waals surface area contributed by atoms with E-state index >= 15 is 0 Å². The summed E-state index contributed by atoms with van der Waals surface area (Å²) in [5.74, 6) is 0.766. The number of halogens is 1. The van der Waals surface area contributed by atoms with Crippen LogP contribution in [-0.2, 0) is 6.54 Å². The minimum absolute atomic E-state index is 0.111. The van der Waals surface area contributed by atoms with Crippen LogP contribution in [0.3, 0.4) is 0 Å². The summed E-state index contributed by atoms with van der Waals surface area (Å²) < 4.78 is 5.13. The molecule has 0 aliphatic carbocycles. The van der Waals surface area contributed by atoms with E-state index in [2.05, 4.69) is 49.5 Å². The second-order valence-electron chi connectivity index (χ2n) is 11.7. The topological polar surface area (TPSA) is 151 Å². The molecule has 246 valence electrons. The number of nitrogens with one attached hydrogen (secondary N) is 1.